The number of carbonyl (C=O) groups is 1. The number of nitrogens with zero attached hydrogens (tertiary/aromatic N) is 2. The Morgan fingerprint density at radius 1 is 1.36 bits per heavy atom. The van der Waals surface area contributed by atoms with Gasteiger partial charge < -0.3 is 18.9 Å². The van der Waals surface area contributed by atoms with Crippen molar-refractivity contribution in [2.24, 2.45) is 0 Å². The number of ether oxygens (including phenoxy) is 2. The number of aromatic nitrogens is 1. The van der Waals surface area contributed by atoms with Crippen molar-refractivity contribution in [3.05, 3.63) is 47.3 Å². The summed E-state index contributed by atoms with van der Waals surface area (Å²) in [6, 6.07) is 9.58. The minimum Gasteiger partial charge on any atom is -0.491 e. The summed E-state index contributed by atoms with van der Waals surface area (Å²) in [5.74, 6) is 0.923. The maximum absolute atomic E-state index is 12.6. The van der Waals surface area contributed by atoms with Crippen LogP contribution in [0.25, 0.3) is 0 Å². The molecule has 25 heavy (non-hydrogen) atoms. The smallest absolute Gasteiger partial charge is 0.292 e. The Bertz CT molecular complexity index is 743. The highest BCUT2D eigenvalue weighted by Crippen LogP contribution is 2.27. The average Bonchev–Trinajstić information content (AvgIpc) is 3.06. The molecule has 1 aromatic carbocycles. The van der Waals surface area contributed by atoms with Crippen molar-refractivity contribution < 1.29 is 18.8 Å². The molecule has 6 heteroatoms. The highest BCUT2D eigenvalue weighted by Gasteiger charge is 2.39. The zero-order valence-corrected chi connectivity index (χ0v) is 14.9. The second-order valence-corrected chi connectivity index (χ2v) is 6.66. The van der Waals surface area contributed by atoms with E-state index in [-0.39, 0.29) is 11.7 Å². The molecule has 2 heterocycles. The summed E-state index contributed by atoms with van der Waals surface area (Å²) in [6.07, 6.45) is 1.69. The predicted octanol–water partition coefficient (Wildman–Crippen LogP) is 2.99. The topological polar surface area (TPSA) is 64.8 Å². The number of piperidine rings is 1. The number of hydrogen-bond donors (Lipinski definition) is 0. The average molecular weight is 344 g/mol. The molecular weight excluding hydrogens is 320 g/mol. The Morgan fingerprint density at radius 2 is 2.20 bits per heavy atom. The Labute approximate surface area is 147 Å². The molecule has 1 saturated heterocycles. The zero-order chi connectivity index (χ0) is 17.9. The first-order valence-corrected chi connectivity index (χ1v) is 8.49. The first-order valence-electron chi connectivity index (χ1n) is 8.49. The van der Waals surface area contributed by atoms with Gasteiger partial charge in [-0.1, -0.05) is 17.3 Å². The molecule has 0 N–H and O–H groups in total. The van der Waals surface area contributed by atoms with E-state index in [1.807, 2.05) is 31.2 Å². The normalized spacial score (nSPS) is 20.5. The van der Waals surface area contributed by atoms with Gasteiger partial charge in [0.1, 0.15) is 18.0 Å². The van der Waals surface area contributed by atoms with E-state index < -0.39 is 5.60 Å². The minimum absolute atomic E-state index is 0.155. The van der Waals surface area contributed by atoms with Crippen LogP contribution in [-0.4, -0.2) is 48.4 Å². The van der Waals surface area contributed by atoms with Crippen molar-refractivity contribution in [3.8, 4) is 5.75 Å². The lowest BCUT2D eigenvalue weighted by molar-refractivity contribution is -0.0828. The summed E-state index contributed by atoms with van der Waals surface area (Å²) in [4.78, 5) is 14.4. The summed E-state index contributed by atoms with van der Waals surface area (Å²) >= 11 is 0. The lowest BCUT2D eigenvalue weighted by atomic mass is 9.93. The molecule has 134 valence electrons. The first kappa shape index (κ1) is 17.5. The predicted molar refractivity (Wildman–Crippen MR) is 92.8 cm³/mol. The van der Waals surface area contributed by atoms with Gasteiger partial charge in [-0.3, -0.25) is 4.79 Å². The van der Waals surface area contributed by atoms with E-state index in [0.717, 1.165) is 24.2 Å². The Balaban J connectivity index is 1.69. The summed E-state index contributed by atoms with van der Waals surface area (Å²) in [5, 5.41) is 3.79. The number of hydrogen-bond acceptors (Lipinski definition) is 5. The lowest BCUT2D eigenvalue weighted by Crippen LogP contribution is -2.54. The zero-order valence-electron chi connectivity index (χ0n) is 14.9. The minimum atomic E-state index is -0.521. The number of methoxy groups -OCH3 is 1. The highest BCUT2D eigenvalue weighted by molar-refractivity contribution is 5.91. The van der Waals surface area contributed by atoms with Crippen LogP contribution in [0.2, 0.25) is 0 Å². The van der Waals surface area contributed by atoms with Crippen molar-refractivity contribution in [2.45, 2.75) is 32.3 Å². The van der Waals surface area contributed by atoms with E-state index in [4.69, 9.17) is 14.0 Å². The van der Waals surface area contributed by atoms with Crippen LogP contribution in [0.15, 0.2) is 34.9 Å². The number of aryl methyl sites for hydroxylation is 2. The van der Waals surface area contributed by atoms with Gasteiger partial charge in [-0.05, 0) is 44.4 Å². The molecule has 1 aliphatic rings. The third kappa shape index (κ3) is 4.02. The second kappa shape index (κ2) is 7.27. The van der Waals surface area contributed by atoms with E-state index in [9.17, 15) is 4.79 Å². The maximum Gasteiger partial charge on any atom is 0.292 e. The number of carbonyl (C=O) groups excluding carboxylic acids is 1. The van der Waals surface area contributed by atoms with Crippen LogP contribution in [0.5, 0.6) is 5.75 Å². The summed E-state index contributed by atoms with van der Waals surface area (Å²) in [5.41, 5.74) is 1.32. The molecule has 0 saturated carbocycles. The van der Waals surface area contributed by atoms with Crippen molar-refractivity contribution in [3.63, 3.8) is 0 Å². The van der Waals surface area contributed by atoms with E-state index in [2.05, 4.69) is 5.16 Å². The van der Waals surface area contributed by atoms with Crippen molar-refractivity contribution in [1.82, 2.24) is 10.1 Å². The van der Waals surface area contributed by atoms with Gasteiger partial charge >= 0.3 is 0 Å². The van der Waals surface area contributed by atoms with Crippen LogP contribution < -0.4 is 4.74 Å². The van der Waals surface area contributed by atoms with Gasteiger partial charge in [-0.15, -0.1) is 0 Å². The number of rotatable bonds is 5. The molecule has 1 aliphatic heterocycles. The molecule has 1 aromatic heterocycles. The van der Waals surface area contributed by atoms with Crippen molar-refractivity contribution >= 4 is 5.91 Å². The molecular formula is C19H24N2O4. The van der Waals surface area contributed by atoms with Gasteiger partial charge in [0.2, 0.25) is 5.76 Å². The number of benzene rings is 1. The maximum atomic E-state index is 12.6. The summed E-state index contributed by atoms with van der Waals surface area (Å²) in [7, 11) is 1.67. The third-order valence-electron chi connectivity index (χ3n) is 4.59. The van der Waals surface area contributed by atoms with E-state index in [1.165, 1.54) is 0 Å². The standard InChI is InChI=1S/C19H24N2O4/c1-14-6-4-7-16(10-14)24-13-19(23-3)8-5-9-21(12-19)18(22)17-11-15(2)20-25-17/h4,6-7,10-11H,5,8-9,12-13H2,1-3H3. The lowest BCUT2D eigenvalue weighted by Gasteiger charge is -2.41. The van der Waals surface area contributed by atoms with Crippen molar-refractivity contribution in [2.75, 3.05) is 26.8 Å². The van der Waals surface area contributed by atoms with Crippen LogP contribution in [0.1, 0.15) is 34.7 Å². The third-order valence-corrected chi connectivity index (χ3v) is 4.59. The molecule has 6 nitrogen and oxygen atoms in total. The monoisotopic (exact) mass is 344 g/mol. The van der Waals surface area contributed by atoms with Gasteiger partial charge in [-0.25, -0.2) is 0 Å². The number of likely N-dealkylation sites (tertiary alicyclic amines) is 1. The highest BCUT2D eigenvalue weighted by atomic mass is 16.5. The largest absolute Gasteiger partial charge is 0.491 e. The molecule has 1 unspecified atom stereocenters. The van der Waals surface area contributed by atoms with Gasteiger partial charge in [-0.2, -0.15) is 0 Å². The van der Waals surface area contributed by atoms with Crippen LogP contribution >= 0.6 is 0 Å². The molecule has 1 amide bonds. The summed E-state index contributed by atoms with van der Waals surface area (Å²) < 4.78 is 16.9. The fraction of sp³-hybridized carbons (Fsp3) is 0.474. The van der Waals surface area contributed by atoms with Gasteiger partial charge in [0.15, 0.2) is 0 Å². The molecule has 0 radical (unpaired) electrons. The SMILES string of the molecule is COC1(COc2cccc(C)c2)CCCN(C(=O)c2cc(C)no2)C1. The van der Waals surface area contributed by atoms with Crippen LogP contribution in [-0.2, 0) is 4.74 Å². The Kier molecular flexibility index (Phi) is 5.08. The van der Waals surface area contributed by atoms with Gasteiger partial charge in [0, 0.05) is 19.7 Å². The van der Waals surface area contributed by atoms with Gasteiger partial charge in [0.05, 0.1) is 12.2 Å². The van der Waals surface area contributed by atoms with Crippen molar-refractivity contribution in [1.29, 1.82) is 0 Å². The second-order valence-electron chi connectivity index (χ2n) is 6.66. The molecule has 0 spiro atoms. The first-order chi connectivity index (χ1) is 12.0. The van der Waals surface area contributed by atoms with Crippen LogP contribution in [0.4, 0.5) is 0 Å². The van der Waals surface area contributed by atoms with E-state index >= 15 is 0 Å². The fourth-order valence-corrected chi connectivity index (χ4v) is 3.15. The molecule has 2 aromatic rings. The molecule has 0 bridgehead atoms. The van der Waals surface area contributed by atoms with E-state index in [1.54, 1.807) is 25.0 Å². The molecule has 0 aliphatic carbocycles. The molecule has 1 atom stereocenters. The van der Waals surface area contributed by atoms with Crippen LogP contribution in [0, 0.1) is 13.8 Å². The molecule has 3 rings (SSSR count). The van der Waals surface area contributed by atoms with Gasteiger partial charge in [0.25, 0.3) is 5.91 Å². The number of amides is 1. The van der Waals surface area contributed by atoms with E-state index in [0.29, 0.717) is 25.4 Å². The molecule has 1 fully saturated rings. The fourth-order valence-electron chi connectivity index (χ4n) is 3.15. The Morgan fingerprint density at radius 3 is 2.88 bits per heavy atom. The summed E-state index contributed by atoms with van der Waals surface area (Å²) in [6.45, 7) is 5.36. The van der Waals surface area contributed by atoms with Crippen LogP contribution in [0.3, 0.4) is 0 Å². The quantitative estimate of drug-likeness (QED) is 0.834. The Hall–Kier alpha value is -2.34.